The summed E-state index contributed by atoms with van der Waals surface area (Å²) < 4.78 is 5.33. The van der Waals surface area contributed by atoms with Crippen LogP contribution in [-0.2, 0) is 9.53 Å². The van der Waals surface area contributed by atoms with Gasteiger partial charge >= 0.3 is 0 Å². The highest BCUT2D eigenvalue weighted by atomic mass is 16.6. The summed E-state index contributed by atoms with van der Waals surface area (Å²) in [6, 6.07) is 12.1. The van der Waals surface area contributed by atoms with Crippen LogP contribution < -0.4 is 16.0 Å². The van der Waals surface area contributed by atoms with E-state index < -0.39 is 4.92 Å². The molecule has 0 atom stereocenters. The second-order valence-corrected chi connectivity index (χ2v) is 6.76. The molecular weight excluding hydrogens is 374 g/mol. The molecular formula is C20H25N5O4. The molecule has 9 nitrogen and oxygen atoms in total. The molecule has 0 aromatic heterocycles. The Kier molecular flexibility index (Phi) is 6.99. The number of ether oxygens (including phenoxy) is 1. The van der Waals surface area contributed by atoms with Gasteiger partial charge in [0.1, 0.15) is 5.69 Å². The van der Waals surface area contributed by atoms with Crippen LogP contribution in [0.2, 0.25) is 0 Å². The average molecular weight is 399 g/mol. The minimum absolute atomic E-state index is 0.0320. The second-order valence-electron chi connectivity index (χ2n) is 6.76. The van der Waals surface area contributed by atoms with Crippen molar-refractivity contribution in [2.24, 2.45) is 0 Å². The lowest BCUT2D eigenvalue weighted by Crippen LogP contribution is -2.39. The quantitative estimate of drug-likeness (QED) is 0.462. The topological polar surface area (TPSA) is 109 Å². The van der Waals surface area contributed by atoms with Crippen LogP contribution in [0.15, 0.2) is 42.5 Å². The molecule has 3 N–H and O–H groups in total. The van der Waals surface area contributed by atoms with Gasteiger partial charge in [-0.3, -0.25) is 19.8 Å². The fourth-order valence-corrected chi connectivity index (χ4v) is 3.13. The van der Waals surface area contributed by atoms with Gasteiger partial charge in [-0.2, -0.15) is 0 Å². The van der Waals surface area contributed by atoms with E-state index in [1.54, 1.807) is 24.3 Å². The smallest absolute Gasteiger partial charge is 0.292 e. The Labute approximate surface area is 169 Å². The molecule has 0 aliphatic carbocycles. The number of hydrogen-bond donors (Lipinski definition) is 3. The fraction of sp³-hybridized carbons (Fsp3) is 0.350. The monoisotopic (exact) mass is 399 g/mol. The van der Waals surface area contributed by atoms with Gasteiger partial charge in [0.05, 0.1) is 18.1 Å². The van der Waals surface area contributed by atoms with E-state index in [0.29, 0.717) is 23.6 Å². The number of nitrogens with zero attached hydrogens (tertiary/aromatic N) is 2. The number of carbonyl (C=O) groups excluding carboxylic acids is 1. The van der Waals surface area contributed by atoms with E-state index >= 15 is 0 Å². The van der Waals surface area contributed by atoms with E-state index in [9.17, 15) is 14.9 Å². The number of hydrogen-bond acceptors (Lipinski definition) is 7. The standard InChI is InChI=1S/C20H25N5O4/c1-15(26)22-16-3-2-4-17(13-16)23-18-5-6-20(25(27)28)19(14-18)21-7-8-24-9-11-29-12-10-24/h2-6,13-14,21,23H,7-12H2,1H3,(H,22,26). The van der Waals surface area contributed by atoms with Crippen LogP contribution in [0.5, 0.6) is 0 Å². The van der Waals surface area contributed by atoms with Gasteiger partial charge in [0.25, 0.3) is 5.69 Å². The largest absolute Gasteiger partial charge is 0.379 e. The normalized spacial score (nSPS) is 14.2. The van der Waals surface area contributed by atoms with Gasteiger partial charge in [-0.25, -0.2) is 0 Å². The lowest BCUT2D eigenvalue weighted by Gasteiger charge is -2.26. The highest BCUT2D eigenvalue weighted by Gasteiger charge is 2.15. The van der Waals surface area contributed by atoms with Crippen LogP contribution in [-0.4, -0.2) is 55.1 Å². The van der Waals surface area contributed by atoms with E-state index in [-0.39, 0.29) is 11.6 Å². The molecule has 1 heterocycles. The zero-order valence-corrected chi connectivity index (χ0v) is 16.3. The summed E-state index contributed by atoms with van der Waals surface area (Å²) in [7, 11) is 0. The minimum Gasteiger partial charge on any atom is -0.379 e. The predicted octanol–water partition coefficient (Wildman–Crippen LogP) is 3.04. The molecule has 0 unspecified atom stereocenters. The molecule has 2 aromatic rings. The highest BCUT2D eigenvalue weighted by Crippen LogP contribution is 2.29. The third-order valence-electron chi connectivity index (χ3n) is 4.51. The Hall–Kier alpha value is -3.17. The van der Waals surface area contributed by atoms with Gasteiger partial charge in [-0.15, -0.1) is 0 Å². The van der Waals surface area contributed by atoms with Crippen molar-refractivity contribution in [3.8, 4) is 0 Å². The predicted molar refractivity (Wildman–Crippen MR) is 113 cm³/mol. The van der Waals surface area contributed by atoms with Crippen LogP contribution in [0.1, 0.15) is 6.92 Å². The number of amides is 1. The molecule has 0 bridgehead atoms. The van der Waals surface area contributed by atoms with Gasteiger partial charge < -0.3 is 20.7 Å². The first-order chi connectivity index (χ1) is 14.0. The molecule has 2 aromatic carbocycles. The van der Waals surface area contributed by atoms with Gasteiger partial charge in [-0.1, -0.05) is 6.07 Å². The van der Waals surface area contributed by atoms with Gasteiger partial charge in [0.2, 0.25) is 5.91 Å². The van der Waals surface area contributed by atoms with Crippen molar-refractivity contribution in [1.29, 1.82) is 0 Å². The number of morpholine rings is 1. The summed E-state index contributed by atoms with van der Waals surface area (Å²) in [4.78, 5) is 24.5. The molecule has 29 heavy (non-hydrogen) atoms. The number of nitrogens with one attached hydrogen (secondary N) is 3. The van der Waals surface area contributed by atoms with Crippen LogP contribution in [0.3, 0.4) is 0 Å². The van der Waals surface area contributed by atoms with Gasteiger partial charge in [0, 0.05) is 56.2 Å². The van der Waals surface area contributed by atoms with Gasteiger partial charge in [0.15, 0.2) is 0 Å². The summed E-state index contributed by atoms with van der Waals surface area (Å²) in [6.45, 7) is 6.02. The maximum absolute atomic E-state index is 11.4. The number of rotatable bonds is 8. The lowest BCUT2D eigenvalue weighted by atomic mass is 10.2. The van der Waals surface area contributed by atoms with Crippen molar-refractivity contribution in [2.75, 3.05) is 55.3 Å². The third-order valence-corrected chi connectivity index (χ3v) is 4.51. The van der Waals surface area contributed by atoms with Crippen molar-refractivity contribution in [3.05, 3.63) is 52.6 Å². The number of nitro groups is 1. The Bertz CT molecular complexity index is 868. The van der Waals surface area contributed by atoms with Crippen LogP contribution >= 0.6 is 0 Å². The Morgan fingerprint density at radius 2 is 1.86 bits per heavy atom. The molecule has 1 fully saturated rings. The second kappa shape index (κ2) is 9.85. The number of benzene rings is 2. The van der Waals surface area contributed by atoms with Crippen molar-refractivity contribution in [2.45, 2.75) is 6.92 Å². The van der Waals surface area contributed by atoms with Crippen LogP contribution in [0.25, 0.3) is 0 Å². The highest BCUT2D eigenvalue weighted by molar-refractivity contribution is 5.89. The molecule has 1 aliphatic heterocycles. The van der Waals surface area contributed by atoms with E-state index in [1.807, 2.05) is 12.1 Å². The summed E-state index contributed by atoms with van der Waals surface area (Å²) in [5, 5.41) is 20.5. The molecule has 1 saturated heterocycles. The van der Waals surface area contributed by atoms with E-state index in [1.165, 1.54) is 13.0 Å². The van der Waals surface area contributed by atoms with E-state index in [4.69, 9.17) is 4.74 Å². The van der Waals surface area contributed by atoms with Crippen molar-refractivity contribution < 1.29 is 14.5 Å². The fourth-order valence-electron chi connectivity index (χ4n) is 3.13. The first kappa shape index (κ1) is 20.6. The van der Waals surface area contributed by atoms with E-state index in [0.717, 1.165) is 38.5 Å². The summed E-state index contributed by atoms with van der Waals surface area (Å²) in [6.07, 6.45) is 0. The number of nitro benzene ring substituents is 1. The summed E-state index contributed by atoms with van der Waals surface area (Å²) in [5.74, 6) is -0.149. The number of anilines is 4. The molecule has 9 heteroatoms. The Morgan fingerprint density at radius 3 is 2.59 bits per heavy atom. The third kappa shape index (κ3) is 6.16. The van der Waals surface area contributed by atoms with Crippen LogP contribution in [0.4, 0.5) is 28.4 Å². The minimum atomic E-state index is -0.391. The zero-order valence-electron chi connectivity index (χ0n) is 16.3. The lowest BCUT2D eigenvalue weighted by molar-refractivity contribution is -0.383. The first-order valence-electron chi connectivity index (χ1n) is 9.48. The Balaban J connectivity index is 1.68. The molecule has 0 saturated carbocycles. The van der Waals surface area contributed by atoms with Crippen molar-refractivity contribution in [3.63, 3.8) is 0 Å². The molecule has 3 rings (SSSR count). The van der Waals surface area contributed by atoms with Crippen molar-refractivity contribution in [1.82, 2.24) is 4.90 Å². The molecule has 1 aliphatic rings. The van der Waals surface area contributed by atoms with Crippen LogP contribution in [0, 0.1) is 10.1 Å². The zero-order chi connectivity index (χ0) is 20.6. The van der Waals surface area contributed by atoms with E-state index in [2.05, 4.69) is 20.9 Å². The SMILES string of the molecule is CC(=O)Nc1cccc(Nc2ccc([N+](=O)[O-])c(NCCN3CCOCC3)c2)c1. The molecule has 0 radical (unpaired) electrons. The average Bonchev–Trinajstić information content (AvgIpc) is 2.68. The number of carbonyl (C=O) groups is 1. The molecule has 0 spiro atoms. The van der Waals surface area contributed by atoms with Gasteiger partial charge in [-0.05, 0) is 30.3 Å². The molecule has 154 valence electrons. The van der Waals surface area contributed by atoms with Crippen molar-refractivity contribution >= 4 is 34.3 Å². The maximum atomic E-state index is 11.4. The summed E-state index contributed by atoms with van der Waals surface area (Å²) in [5.41, 5.74) is 2.65. The Morgan fingerprint density at radius 1 is 1.14 bits per heavy atom. The maximum Gasteiger partial charge on any atom is 0.292 e. The first-order valence-corrected chi connectivity index (χ1v) is 9.48. The summed E-state index contributed by atoms with van der Waals surface area (Å²) >= 11 is 0. The molecule has 1 amide bonds.